The van der Waals surface area contributed by atoms with E-state index in [4.69, 9.17) is 21.6 Å². The fourth-order valence-corrected chi connectivity index (χ4v) is 2.24. The van der Waals surface area contributed by atoms with Crippen LogP contribution in [0.1, 0.15) is 6.42 Å². The molecule has 1 aliphatic rings. The Morgan fingerprint density at radius 2 is 2.22 bits per heavy atom. The lowest BCUT2D eigenvalue weighted by atomic mass is 9.80. The van der Waals surface area contributed by atoms with E-state index in [9.17, 15) is 4.79 Å². The maximum absolute atomic E-state index is 11.9. The molecule has 1 fully saturated rings. The van der Waals surface area contributed by atoms with Crippen LogP contribution in [0.15, 0.2) is 30.9 Å². The topological polar surface area (TPSA) is 60.8 Å². The summed E-state index contributed by atoms with van der Waals surface area (Å²) in [5.74, 6) is 0.0719. The molecule has 1 atom stereocenters. The van der Waals surface area contributed by atoms with Crippen LogP contribution in [0.25, 0.3) is 0 Å². The number of hydrogen-bond acceptors (Lipinski definition) is 3. The number of hydrogen-bond donors (Lipinski definition) is 2. The van der Waals surface area contributed by atoms with E-state index in [1.807, 2.05) is 0 Å². The van der Waals surface area contributed by atoms with Crippen LogP contribution in [0.4, 0.5) is 5.69 Å². The molecule has 1 aromatic rings. The second kappa shape index (κ2) is 5.14. The van der Waals surface area contributed by atoms with Crippen molar-refractivity contribution in [1.82, 2.24) is 0 Å². The van der Waals surface area contributed by atoms with Crippen molar-refractivity contribution in [1.29, 1.82) is 0 Å². The van der Waals surface area contributed by atoms with E-state index >= 15 is 0 Å². The SMILES string of the molecule is C=CC1CC(=O)N(c2cc(B(O)O)ccc2Cl)C1. The van der Waals surface area contributed by atoms with Crippen molar-refractivity contribution in [3.8, 4) is 0 Å². The largest absolute Gasteiger partial charge is 0.488 e. The van der Waals surface area contributed by atoms with Crippen LogP contribution >= 0.6 is 11.6 Å². The van der Waals surface area contributed by atoms with E-state index in [1.165, 1.54) is 12.1 Å². The third kappa shape index (κ3) is 2.43. The van der Waals surface area contributed by atoms with Gasteiger partial charge in [0.25, 0.3) is 0 Å². The molecule has 2 rings (SSSR count). The number of carbonyl (C=O) groups is 1. The summed E-state index contributed by atoms with van der Waals surface area (Å²) in [7, 11) is -1.58. The maximum Gasteiger partial charge on any atom is 0.488 e. The van der Waals surface area contributed by atoms with Gasteiger partial charge in [0.2, 0.25) is 5.91 Å². The van der Waals surface area contributed by atoms with Crippen molar-refractivity contribution in [2.75, 3.05) is 11.4 Å². The number of benzene rings is 1. The number of anilines is 1. The van der Waals surface area contributed by atoms with Crippen LogP contribution in [-0.2, 0) is 4.79 Å². The quantitative estimate of drug-likeness (QED) is 0.620. The lowest BCUT2D eigenvalue weighted by Gasteiger charge is -2.18. The first-order valence-corrected chi connectivity index (χ1v) is 5.99. The van der Waals surface area contributed by atoms with E-state index in [0.717, 1.165) is 0 Å². The van der Waals surface area contributed by atoms with E-state index < -0.39 is 7.12 Å². The molecule has 1 heterocycles. The summed E-state index contributed by atoms with van der Waals surface area (Å²) in [6.07, 6.45) is 2.16. The summed E-state index contributed by atoms with van der Waals surface area (Å²) in [4.78, 5) is 13.4. The average Bonchev–Trinajstić information content (AvgIpc) is 2.71. The summed E-state index contributed by atoms with van der Waals surface area (Å²) in [5.41, 5.74) is 0.820. The first-order chi connectivity index (χ1) is 8.52. The summed E-state index contributed by atoms with van der Waals surface area (Å²) < 4.78 is 0. The average molecular weight is 266 g/mol. The number of carbonyl (C=O) groups excluding carboxylic acids is 1. The number of amides is 1. The highest BCUT2D eigenvalue weighted by atomic mass is 35.5. The van der Waals surface area contributed by atoms with Gasteiger partial charge < -0.3 is 14.9 Å². The molecule has 1 aliphatic heterocycles. The molecule has 2 N–H and O–H groups in total. The summed E-state index contributed by atoms with van der Waals surface area (Å²) in [5, 5.41) is 18.7. The molecule has 0 saturated carbocycles. The molecular formula is C12H13BClNO3. The Kier molecular flexibility index (Phi) is 3.75. The molecule has 0 aliphatic carbocycles. The van der Waals surface area contributed by atoms with E-state index in [-0.39, 0.29) is 11.8 Å². The summed E-state index contributed by atoms with van der Waals surface area (Å²) in [6, 6.07) is 4.60. The molecule has 1 aromatic carbocycles. The Morgan fingerprint density at radius 3 is 2.78 bits per heavy atom. The van der Waals surface area contributed by atoms with Gasteiger partial charge in [0.1, 0.15) is 0 Å². The smallest absolute Gasteiger partial charge is 0.423 e. The maximum atomic E-state index is 11.9. The predicted molar refractivity (Wildman–Crippen MR) is 71.9 cm³/mol. The van der Waals surface area contributed by atoms with Crippen LogP contribution < -0.4 is 10.4 Å². The highest BCUT2D eigenvalue weighted by Gasteiger charge is 2.30. The number of halogens is 1. The number of nitrogens with zero attached hydrogens (tertiary/aromatic N) is 1. The van der Waals surface area contributed by atoms with Crippen molar-refractivity contribution in [2.24, 2.45) is 5.92 Å². The molecule has 0 radical (unpaired) electrons. The third-order valence-corrected chi connectivity index (χ3v) is 3.37. The van der Waals surface area contributed by atoms with Gasteiger partial charge in [-0.1, -0.05) is 23.7 Å². The molecule has 6 heteroatoms. The van der Waals surface area contributed by atoms with Gasteiger partial charge in [-0.25, -0.2) is 0 Å². The minimum absolute atomic E-state index is 0.0358. The van der Waals surface area contributed by atoms with Crippen molar-refractivity contribution in [2.45, 2.75) is 6.42 Å². The molecule has 0 bridgehead atoms. The molecule has 1 unspecified atom stereocenters. The molecule has 4 nitrogen and oxygen atoms in total. The van der Waals surface area contributed by atoms with Crippen LogP contribution in [0.5, 0.6) is 0 Å². The second-order valence-electron chi connectivity index (χ2n) is 4.29. The van der Waals surface area contributed by atoms with Crippen molar-refractivity contribution in [3.63, 3.8) is 0 Å². The van der Waals surface area contributed by atoms with Crippen molar-refractivity contribution >= 4 is 35.8 Å². The normalized spacial score (nSPS) is 19.2. The van der Waals surface area contributed by atoms with E-state index in [1.54, 1.807) is 17.0 Å². The van der Waals surface area contributed by atoms with Crippen molar-refractivity contribution < 1.29 is 14.8 Å². The number of rotatable bonds is 3. The first kappa shape index (κ1) is 13.1. The molecule has 18 heavy (non-hydrogen) atoms. The Hall–Kier alpha value is -1.30. The molecular weight excluding hydrogens is 252 g/mol. The predicted octanol–water partition coefficient (Wildman–Crippen LogP) is 0.559. The first-order valence-electron chi connectivity index (χ1n) is 5.61. The minimum atomic E-state index is -1.58. The van der Waals surface area contributed by atoms with Gasteiger partial charge in [0.05, 0.1) is 10.7 Å². The molecule has 94 valence electrons. The Morgan fingerprint density at radius 1 is 1.50 bits per heavy atom. The van der Waals surface area contributed by atoms with Gasteiger partial charge in [-0.15, -0.1) is 6.58 Å². The van der Waals surface area contributed by atoms with Gasteiger partial charge in [0, 0.05) is 18.9 Å². The lowest BCUT2D eigenvalue weighted by Crippen LogP contribution is -2.32. The van der Waals surface area contributed by atoms with Crippen molar-refractivity contribution in [3.05, 3.63) is 35.9 Å². The lowest BCUT2D eigenvalue weighted by molar-refractivity contribution is -0.117. The Bertz CT molecular complexity index is 492. The molecule has 1 saturated heterocycles. The summed E-state index contributed by atoms with van der Waals surface area (Å²) in [6.45, 7) is 4.20. The monoisotopic (exact) mass is 265 g/mol. The van der Waals surface area contributed by atoms with Crippen LogP contribution in [-0.4, -0.2) is 29.6 Å². The molecule has 0 aromatic heterocycles. The fraction of sp³-hybridized carbons (Fsp3) is 0.250. The zero-order chi connectivity index (χ0) is 13.3. The van der Waals surface area contributed by atoms with Crippen LogP contribution in [0, 0.1) is 5.92 Å². The minimum Gasteiger partial charge on any atom is -0.423 e. The molecule has 0 spiro atoms. The van der Waals surface area contributed by atoms with Crippen LogP contribution in [0.2, 0.25) is 5.02 Å². The van der Waals surface area contributed by atoms with Gasteiger partial charge in [-0.3, -0.25) is 4.79 Å². The summed E-state index contributed by atoms with van der Waals surface area (Å²) >= 11 is 6.05. The zero-order valence-electron chi connectivity index (χ0n) is 9.71. The second-order valence-corrected chi connectivity index (χ2v) is 4.70. The zero-order valence-corrected chi connectivity index (χ0v) is 10.5. The van der Waals surface area contributed by atoms with Gasteiger partial charge in [0.15, 0.2) is 0 Å². The van der Waals surface area contributed by atoms with E-state index in [2.05, 4.69) is 6.58 Å². The molecule has 1 amide bonds. The third-order valence-electron chi connectivity index (χ3n) is 3.05. The van der Waals surface area contributed by atoms with Crippen LogP contribution in [0.3, 0.4) is 0 Å². The van der Waals surface area contributed by atoms with E-state index in [0.29, 0.717) is 29.1 Å². The van der Waals surface area contributed by atoms with Gasteiger partial charge >= 0.3 is 7.12 Å². The highest BCUT2D eigenvalue weighted by Crippen LogP contribution is 2.30. The fourth-order valence-electron chi connectivity index (χ4n) is 2.02. The van der Waals surface area contributed by atoms with Gasteiger partial charge in [-0.2, -0.15) is 0 Å². The Balaban J connectivity index is 2.35. The van der Waals surface area contributed by atoms with Gasteiger partial charge in [-0.05, 0) is 17.6 Å². The Labute approximate surface area is 111 Å². The standard InChI is InChI=1S/C12H13BClNO3/c1-2-8-5-12(16)15(7-8)11-6-9(13(17)18)3-4-10(11)14/h2-4,6,8,17-18H,1,5,7H2. The highest BCUT2D eigenvalue weighted by molar-refractivity contribution is 6.59.